The summed E-state index contributed by atoms with van der Waals surface area (Å²) in [6.07, 6.45) is -1.30. The maximum atomic E-state index is 12.8. The van der Waals surface area contributed by atoms with E-state index in [2.05, 4.69) is 5.32 Å². The van der Waals surface area contributed by atoms with Gasteiger partial charge in [-0.05, 0) is 31.0 Å². The summed E-state index contributed by atoms with van der Waals surface area (Å²) in [4.78, 5) is 25.5. The molecule has 1 heterocycles. The topological polar surface area (TPSA) is 49.4 Å². The molecule has 118 valence electrons. The standard InChI is InChI=1S/C15H15F3N2O2/c16-15(17,18)9-4-3-5-10(8-9)20-13(21)11-6-1-2-7-12(11)19-14(20)22/h3-5,8,11-12H,1-2,6-7H2,(H,19,22). The normalized spacial score (nSPS) is 25.7. The summed E-state index contributed by atoms with van der Waals surface area (Å²) in [6.45, 7) is 0. The monoisotopic (exact) mass is 312 g/mol. The van der Waals surface area contributed by atoms with E-state index >= 15 is 0 Å². The molecular formula is C15H15F3N2O2. The van der Waals surface area contributed by atoms with Crippen LogP contribution < -0.4 is 10.2 Å². The van der Waals surface area contributed by atoms with Crippen molar-refractivity contribution in [1.82, 2.24) is 5.32 Å². The smallest absolute Gasteiger partial charge is 0.334 e. The number of urea groups is 1. The molecular weight excluding hydrogens is 297 g/mol. The van der Waals surface area contributed by atoms with Crippen LogP contribution in [-0.2, 0) is 11.0 Å². The minimum Gasteiger partial charge on any atom is -0.334 e. The number of hydrogen-bond donors (Lipinski definition) is 1. The van der Waals surface area contributed by atoms with E-state index < -0.39 is 23.7 Å². The van der Waals surface area contributed by atoms with Crippen LogP contribution in [0.25, 0.3) is 0 Å². The average Bonchev–Trinajstić information content (AvgIpc) is 2.47. The summed E-state index contributed by atoms with van der Waals surface area (Å²) in [6, 6.07) is 3.45. The largest absolute Gasteiger partial charge is 0.416 e. The van der Waals surface area contributed by atoms with Crippen molar-refractivity contribution in [3.05, 3.63) is 29.8 Å². The zero-order chi connectivity index (χ0) is 15.9. The van der Waals surface area contributed by atoms with Gasteiger partial charge < -0.3 is 5.32 Å². The van der Waals surface area contributed by atoms with Gasteiger partial charge in [-0.1, -0.05) is 18.9 Å². The van der Waals surface area contributed by atoms with Gasteiger partial charge in [-0.2, -0.15) is 13.2 Å². The lowest BCUT2D eigenvalue weighted by molar-refractivity contribution is -0.137. The quantitative estimate of drug-likeness (QED) is 0.865. The first kappa shape index (κ1) is 14.9. The average molecular weight is 312 g/mol. The number of nitrogens with one attached hydrogen (secondary N) is 1. The fourth-order valence-electron chi connectivity index (χ4n) is 3.15. The highest BCUT2D eigenvalue weighted by molar-refractivity contribution is 6.17. The third-order valence-electron chi connectivity index (χ3n) is 4.25. The molecule has 1 aliphatic heterocycles. The Morgan fingerprint density at radius 3 is 2.59 bits per heavy atom. The number of carbonyl (C=O) groups excluding carboxylic acids is 2. The number of carbonyl (C=O) groups is 2. The van der Waals surface area contributed by atoms with Crippen LogP contribution in [0.4, 0.5) is 23.7 Å². The summed E-state index contributed by atoms with van der Waals surface area (Å²) in [5.74, 6) is -0.756. The molecule has 1 N–H and O–H groups in total. The Morgan fingerprint density at radius 1 is 1.14 bits per heavy atom. The molecule has 4 nitrogen and oxygen atoms in total. The first-order chi connectivity index (χ1) is 10.4. The molecule has 3 amide bonds. The highest BCUT2D eigenvalue weighted by atomic mass is 19.4. The zero-order valence-corrected chi connectivity index (χ0v) is 11.7. The number of fused-ring (bicyclic) bond motifs is 1. The van der Waals surface area contributed by atoms with Crippen LogP contribution in [0.5, 0.6) is 0 Å². The molecule has 3 rings (SSSR count). The minimum atomic E-state index is -4.52. The van der Waals surface area contributed by atoms with Crippen molar-refractivity contribution in [2.24, 2.45) is 5.92 Å². The summed E-state index contributed by atoms with van der Waals surface area (Å²) < 4.78 is 38.4. The van der Waals surface area contributed by atoms with E-state index in [1.807, 2.05) is 0 Å². The van der Waals surface area contributed by atoms with E-state index in [-0.39, 0.29) is 17.6 Å². The maximum absolute atomic E-state index is 12.8. The van der Waals surface area contributed by atoms with Gasteiger partial charge in [-0.25, -0.2) is 9.69 Å². The Labute approximate surface area is 125 Å². The van der Waals surface area contributed by atoms with Crippen molar-refractivity contribution in [3.63, 3.8) is 0 Å². The molecule has 2 unspecified atom stereocenters. The lowest BCUT2D eigenvalue weighted by atomic mass is 9.82. The number of benzene rings is 1. The highest BCUT2D eigenvalue weighted by Crippen LogP contribution is 2.35. The molecule has 2 aliphatic rings. The van der Waals surface area contributed by atoms with Gasteiger partial charge in [0.05, 0.1) is 17.2 Å². The van der Waals surface area contributed by atoms with Gasteiger partial charge in [-0.15, -0.1) is 0 Å². The Kier molecular flexibility index (Phi) is 3.58. The predicted octanol–water partition coefficient (Wildman–Crippen LogP) is 3.32. The fraction of sp³-hybridized carbons (Fsp3) is 0.467. The molecule has 1 aromatic carbocycles. The molecule has 0 spiro atoms. The van der Waals surface area contributed by atoms with Crippen molar-refractivity contribution in [2.45, 2.75) is 37.9 Å². The first-order valence-electron chi connectivity index (χ1n) is 7.19. The number of halogens is 3. The van der Waals surface area contributed by atoms with Crippen LogP contribution >= 0.6 is 0 Å². The van der Waals surface area contributed by atoms with Gasteiger partial charge in [0.1, 0.15) is 0 Å². The molecule has 2 fully saturated rings. The summed E-state index contributed by atoms with van der Waals surface area (Å²) in [5.41, 5.74) is -0.919. The lowest BCUT2D eigenvalue weighted by Gasteiger charge is -2.39. The van der Waals surface area contributed by atoms with Gasteiger partial charge in [-0.3, -0.25) is 4.79 Å². The predicted molar refractivity (Wildman–Crippen MR) is 73.2 cm³/mol. The third-order valence-corrected chi connectivity index (χ3v) is 4.25. The summed E-state index contributed by atoms with van der Waals surface area (Å²) in [7, 11) is 0. The summed E-state index contributed by atoms with van der Waals surface area (Å²) >= 11 is 0. The second kappa shape index (κ2) is 5.30. The molecule has 7 heteroatoms. The SMILES string of the molecule is O=C1NC2CCCCC2C(=O)N1c1cccc(C(F)(F)F)c1. The molecule has 1 saturated carbocycles. The van der Waals surface area contributed by atoms with Gasteiger partial charge >= 0.3 is 12.2 Å². The second-order valence-electron chi connectivity index (χ2n) is 5.67. The molecule has 0 radical (unpaired) electrons. The number of amides is 3. The van der Waals surface area contributed by atoms with E-state index in [9.17, 15) is 22.8 Å². The Morgan fingerprint density at radius 2 is 1.86 bits per heavy atom. The molecule has 0 bridgehead atoms. The van der Waals surface area contributed by atoms with E-state index in [4.69, 9.17) is 0 Å². The molecule has 1 saturated heterocycles. The Hall–Kier alpha value is -2.05. The number of hydrogen-bond acceptors (Lipinski definition) is 2. The molecule has 22 heavy (non-hydrogen) atoms. The Bertz CT molecular complexity index is 615. The Balaban J connectivity index is 1.93. The van der Waals surface area contributed by atoms with Crippen molar-refractivity contribution in [3.8, 4) is 0 Å². The second-order valence-corrected chi connectivity index (χ2v) is 5.67. The minimum absolute atomic E-state index is 0.0404. The number of anilines is 1. The highest BCUT2D eigenvalue weighted by Gasteiger charge is 2.43. The molecule has 0 aromatic heterocycles. The van der Waals surface area contributed by atoms with Crippen molar-refractivity contribution >= 4 is 17.6 Å². The fourth-order valence-corrected chi connectivity index (χ4v) is 3.15. The maximum Gasteiger partial charge on any atom is 0.416 e. The van der Waals surface area contributed by atoms with Crippen LogP contribution in [0, 0.1) is 5.92 Å². The van der Waals surface area contributed by atoms with Gasteiger partial charge in [0.15, 0.2) is 0 Å². The van der Waals surface area contributed by atoms with Crippen LogP contribution in [0.1, 0.15) is 31.2 Å². The van der Waals surface area contributed by atoms with E-state index in [1.54, 1.807) is 0 Å². The van der Waals surface area contributed by atoms with Crippen molar-refractivity contribution < 1.29 is 22.8 Å². The van der Waals surface area contributed by atoms with Gasteiger partial charge in [0.2, 0.25) is 5.91 Å². The van der Waals surface area contributed by atoms with Crippen LogP contribution in [0.2, 0.25) is 0 Å². The van der Waals surface area contributed by atoms with Crippen molar-refractivity contribution in [2.75, 3.05) is 4.90 Å². The van der Waals surface area contributed by atoms with Crippen molar-refractivity contribution in [1.29, 1.82) is 0 Å². The number of rotatable bonds is 1. The number of nitrogens with zero attached hydrogens (tertiary/aromatic N) is 1. The van der Waals surface area contributed by atoms with Gasteiger partial charge in [0.25, 0.3) is 0 Å². The van der Waals surface area contributed by atoms with Crippen LogP contribution in [-0.4, -0.2) is 18.0 Å². The van der Waals surface area contributed by atoms with E-state index in [0.717, 1.165) is 36.3 Å². The zero-order valence-electron chi connectivity index (χ0n) is 11.7. The first-order valence-corrected chi connectivity index (χ1v) is 7.19. The number of alkyl halides is 3. The van der Waals surface area contributed by atoms with E-state index in [1.165, 1.54) is 12.1 Å². The van der Waals surface area contributed by atoms with E-state index in [0.29, 0.717) is 6.42 Å². The third kappa shape index (κ3) is 2.55. The van der Waals surface area contributed by atoms with Crippen LogP contribution in [0.15, 0.2) is 24.3 Å². The molecule has 1 aromatic rings. The number of imide groups is 1. The molecule has 1 aliphatic carbocycles. The summed E-state index contributed by atoms with van der Waals surface area (Å²) in [5, 5.41) is 2.74. The lowest BCUT2D eigenvalue weighted by Crippen LogP contribution is -2.61. The van der Waals surface area contributed by atoms with Crippen LogP contribution in [0.3, 0.4) is 0 Å². The molecule has 2 atom stereocenters. The van der Waals surface area contributed by atoms with Gasteiger partial charge in [0, 0.05) is 6.04 Å².